The lowest BCUT2D eigenvalue weighted by Crippen LogP contribution is -2.38. The molecule has 0 aliphatic heterocycles. The molecule has 4 rings (SSSR count). The maximum atomic E-state index is 11.7. The zero-order chi connectivity index (χ0) is 23.6. The number of aliphatic hydroxyl groups is 1. The van der Waals surface area contributed by atoms with E-state index in [1.165, 1.54) is 4.90 Å². The molecule has 0 bridgehead atoms. The minimum Gasteiger partial charge on any atom is -0.425 e. The standard InChI is InChI=1S/C25H27N5O3/c1-25(2,32)16-30(17-31)22-10-7-15-26-23(22)28(3)18-11-13-19(14-12-18)33-24-27-20-8-5-6-9-21(20)29(24)4/h5-15,17,32H,16H2,1-4H3. The third-order valence-corrected chi connectivity index (χ3v) is 5.26. The summed E-state index contributed by atoms with van der Waals surface area (Å²) in [4.78, 5) is 24.1. The number of rotatable bonds is 8. The van der Waals surface area contributed by atoms with Crippen molar-refractivity contribution >= 4 is 34.6 Å². The highest BCUT2D eigenvalue weighted by Crippen LogP contribution is 2.33. The highest BCUT2D eigenvalue weighted by molar-refractivity contribution is 5.84. The van der Waals surface area contributed by atoms with Crippen molar-refractivity contribution in [2.24, 2.45) is 7.05 Å². The number of hydrogen-bond donors (Lipinski definition) is 1. The van der Waals surface area contributed by atoms with Gasteiger partial charge in [0.15, 0.2) is 5.82 Å². The van der Waals surface area contributed by atoms with Gasteiger partial charge in [0.1, 0.15) is 5.75 Å². The lowest BCUT2D eigenvalue weighted by Gasteiger charge is -2.29. The van der Waals surface area contributed by atoms with E-state index in [-0.39, 0.29) is 6.54 Å². The Hall–Kier alpha value is -3.91. The average Bonchev–Trinajstić information content (AvgIpc) is 3.12. The van der Waals surface area contributed by atoms with Crippen LogP contribution in [0.3, 0.4) is 0 Å². The van der Waals surface area contributed by atoms with Crippen molar-refractivity contribution < 1.29 is 14.6 Å². The molecule has 170 valence electrons. The number of anilines is 3. The smallest absolute Gasteiger partial charge is 0.302 e. The van der Waals surface area contributed by atoms with Crippen LogP contribution in [0.1, 0.15) is 13.8 Å². The zero-order valence-corrected chi connectivity index (χ0v) is 19.1. The third kappa shape index (κ3) is 4.80. The largest absolute Gasteiger partial charge is 0.425 e. The van der Waals surface area contributed by atoms with Gasteiger partial charge >= 0.3 is 6.01 Å². The number of ether oxygens (including phenoxy) is 1. The molecule has 2 aromatic carbocycles. The summed E-state index contributed by atoms with van der Waals surface area (Å²) in [5, 5.41) is 10.2. The average molecular weight is 446 g/mol. The van der Waals surface area contributed by atoms with E-state index in [1.54, 1.807) is 26.1 Å². The summed E-state index contributed by atoms with van der Waals surface area (Å²) in [7, 11) is 3.79. The van der Waals surface area contributed by atoms with Gasteiger partial charge in [-0.15, -0.1) is 0 Å². The topological polar surface area (TPSA) is 83.7 Å². The van der Waals surface area contributed by atoms with Crippen LogP contribution in [0.4, 0.5) is 17.2 Å². The van der Waals surface area contributed by atoms with Gasteiger partial charge in [0.25, 0.3) is 0 Å². The summed E-state index contributed by atoms with van der Waals surface area (Å²) in [6.07, 6.45) is 2.38. The first kappa shape index (κ1) is 22.3. The molecule has 8 nitrogen and oxygen atoms in total. The molecular weight excluding hydrogens is 418 g/mol. The highest BCUT2D eigenvalue weighted by atomic mass is 16.5. The number of carbonyl (C=O) groups is 1. The van der Waals surface area contributed by atoms with Gasteiger partial charge in [-0.1, -0.05) is 12.1 Å². The SMILES string of the molecule is CN(c1ccc(Oc2nc3ccccc3n2C)cc1)c1ncccc1N(C=O)CC(C)(C)O. The van der Waals surface area contributed by atoms with E-state index in [1.807, 2.05) is 78.2 Å². The van der Waals surface area contributed by atoms with Gasteiger partial charge in [0, 0.05) is 26.0 Å². The summed E-state index contributed by atoms with van der Waals surface area (Å²) in [6.45, 7) is 3.47. The summed E-state index contributed by atoms with van der Waals surface area (Å²) in [5.41, 5.74) is 2.30. The van der Waals surface area contributed by atoms with Gasteiger partial charge < -0.3 is 19.6 Å². The molecule has 0 aliphatic carbocycles. The van der Waals surface area contributed by atoms with Crippen molar-refractivity contribution in [3.63, 3.8) is 0 Å². The van der Waals surface area contributed by atoms with E-state index < -0.39 is 5.60 Å². The maximum absolute atomic E-state index is 11.7. The molecule has 0 unspecified atom stereocenters. The number of aryl methyl sites for hydroxylation is 1. The lowest BCUT2D eigenvalue weighted by molar-refractivity contribution is -0.108. The van der Waals surface area contributed by atoms with E-state index in [2.05, 4.69) is 9.97 Å². The van der Waals surface area contributed by atoms with E-state index in [0.29, 0.717) is 29.7 Å². The Bertz CT molecular complexity index is 1260. The first-order valence-corrected chi connectivity index (χ1v) is 10.6. The number of hydrogen-bond acceptors (Lipinski definition) is 6. The molecule has 8 heteroatoms. The van der Waals surface area contributed by atoms with Crippen LogP contribution in [-0.4, -0.2) is 45.2 Å². The highest BCUT2D eigenvalue weighted by Gasteiger charge is 2.22. The molecule has 1 amide bonds. The van der Waals surface area contributed by atoms with Gasteiger partial charge in [-0.3, -0.25) is 9.36 Å². The summed E-state index contributed by atoms with van der Waals surface area (Å²) < 4.78 is 7.91. The Labute approximate surface area is 192 Å². The van der Waals surface area contributed by atoms with Gasteiger partial charge in [0.05, 0.1) is 28.9 Å². The van der Waals surface area contributed by atoms with Gasteiger partial charge in [-0.05, 0) is 62.4 Å². The van der Waals surface area contributed by atoms with Crippen LogP contribution < -0.4 is 14.5 Å². The van der Waals surface area contributed by atoms with E-state index in [0.717, 1.165) is 16.7 Å². The Kier molecular flexibility index (Phi) is 6.02. The van der Waals surface area contributed by atoms with Crippen molar-refractivity contribution in [3.8, 4) is 11.8 Å². The fraction of sp³-hybridized carbons (Fsp3) is 0.240. The number of imidazole rings is 1. The quantitative estimate of drug-likeness (QED) is 0.408. The maximum Gasteiger partial charge on any atom is 0.302 e. The second kappa shape index (κ2) is 8.91. The second-order valence-electron chi connectivity index (χ2n) is 8.49. The molecule has 0 spiro atoms. The summed E-state index contributed by atoms with van der Waals surface area (Å²) >= 11 is 0. The van der Waals surface area contributed by atoms with Crippen LogP contribution in [0.2, 0.25) is 0 Å². The van der Waals surface area contributed by atoms with Crippen LogP contribution in [0.5, 0.6) is 11.8 Å². The minimum absolute atomic E-state index is 0.147. The molecule has 0 aliphatic rings. The van der Waals surface area contributed by atoms with E-state index in [9.17, 15) is 9.90 Å². The fourth-order valence-electron chi connectivity index (χ4n) is 3.65. The Morgan fingerprint density at radius 2 is 1.82 bits per heavy atom. The van der Waals surface area contributed by atoms with Crippen molar-refractivity contribution in [2.45, 2.75) is 19.4 Å². The molecule has 1 N–H and O–H groups in total. The number of aromatic nitrogens is 3. The normalized spacial score (nSPS) is 11.4. The van der Waals surface area contributed by atoms with Gasteiger partial charge in [-0.2, -0.15) is 4.98 Å². The molecule has 2 aromatic heterocycles. The van der Waals surface area contributed by atoms with Crippen LogP contribution in [0.15, 0.2) is 66.9 Å². The summed E-state index contributed by atoms with van der Waals surface area (Å²) in [5.74, 6) is 1.25. The molecule has 0 fully saturated rings. The number of pyridine rings is 1. The van der Waals surface area contributed by atoms with Gasteiger partial charge in [-0.25, -0.2) is 4.98 Å². The number of fused-ring (bicyclic) bond motifs is 1. The molecule has 33 heavy (non-hydrogen) atoms. The van der Waals surface area contributed by atoms with Crippen molar-refractivity contribution in [3.05, 3.63) is 66.9 Å². The molecule has 0 atom stereocenters. The van der Waals surface area contributed by atoms with Crippen LogP contribution in [0, 0.1) is 0 Å². The molecule has 2 heterocycles. The first-order chi connectivity index (χ1) is 15.8. The lowest BCUT2D eigenvalue weighted by atomic mass is 10.1. The van der Waals surface area contributed by atoms with Crippen molar-refractivity contribution in [1.29, 1.82) is 0 Å². The van der Waals surface area contributed by atoms with Crippen LogP contribution in [-0.2, 0) is 11.8 Å². The zero-order valence-electron chi connectivity index (χ0n) is 19.1. The predicted octanol–water partition coefficient (Wildman–Crippen LogP) is 4.26. The number of benzene rings is 2. The second-order valence-corrected chi connectivity index (χ2v) is 8.49. The number of para-hydroxylation sites is 2. The molecule has 0 saturated heterocycles. The third-order valence-electron chi connectivity index (χ3n) is 5.26. The fourth-order valence-corrected chi connectivity index (χ4v) is 3.65. The Morgan fingerprint density at radius 1 is 1.09 bits per heavy atom. The Morgan fingerprint density at radius 3 is 2.48 bits per heavy atom. The molecule has 4 aromatic rings. The van der Waals surface area contributed by atoms with Crippen LogP contribution >= 0.6 is 0 Å². The Balaban J connectivity index is 1.57. The molecule has 0 radical (unpaired) electrons. The van der Waals surface area contributed by atoms with Crippen molar-refractivity contribution in [2.75, 3.05) is 23.4 Å². The van der Waals surface area contributed by atoms with Gasteiger partial charge in [0.2, 0.25) is 6.41 Å². The van der Waals surface area contributed by atoms with E-state index >= 15 is 0 Å². The van der Waals surface area contributed by atoms with Crippen LogP contribution in [0.25, 0.3) is 11.0 Å². The number of nitrogens with zero attached hydrogens (tertiary/aromatic N) is 5. The summed E-state index contributed by atoms with van der Waals surface area (Å²) in [6, 6.07) is 19.5. The monoisotopic (exact) mass is 445 g/mol. The van der Waals surface area contributed by atoms with E-state index in [4.69, 9.17) is 4.74 Å². The molecule has 0 saturated carbocycles. The number of carbonyl (C=O) groups excluding carboxylic acids is 1. The predicted molar refractivity (Wildman–Crippen MR) is 129 cm³/mol. The number of amides is 1. The van der Waals surface area contributed by atoms with Crippen molar-refractivity contribution in [1.82, 2.24) is 14.5 Å². The minimum atomic E-state index is -1.04. The first-order valence-electron chi connectivity index (χ1n) is 10.6. The molecular formula is C25H27N5O3.